The van der Waals surface area contributed by atoms with Crippen molar-refractivity contribution in [2.45, 2.75) is 39.2 Å². The van der Waals surface area contributed by atoms with Crippen LogP contribution in [0.1, 0.15) is 37.5 Å². The van der Waals surface area contributed by atoms with Crippen molar-refractivity contribution < 1.29 is 4.74 Å². The molecule has 1 aromatic rings. The van der Waals surface area contributed by atoms with Gasteiger partial charge in [-0.25, -0.2) is 4.98 Å². The first-order valence-corrected chi connectivity index (χ1v) is 6.96. The van der Waals surface area contributed by atoms with E-state index in [1.54, 1.807) is 11.3 Å². The first-order valence-electron chi connectivity index (χ1n) is 6.15. The van der Waals surface area contributed by atoms with Gasteiger partial charge < -0.3 is 10.1 Å². The van der Waals surface area contributed by atoms with Crippen molar-refractivity contribution >= 4 is 16.5 Å². The van der Waals surface area contributed by atoms with Crippen LogP contribution in [-0.2, 0) is 11.3 Å². The molecule has 1 aliphatic rings. The minimum absolute atomic E-state index is 0.718. The summed E-state index contributed by atoms with van der Waals surface area (Å²) in [5.41, 5.74) is 0. The van der Waals surface area contributed by atoms with E-state index in [2.05, 4.69) is 17.2 Å². The van der Waals surface area contributed by atoms with E-state index in [1.807, 2.05) is 6.20 Å². The predicted molar refractivity (Wildman–Crippen MR) is 67.9 cm³/mol. The highest BCUT2D eigenvalue weighted by atomic mass is 32.1. The quantitative estimate of drug-likeness (QED) is 0.743. The zero-order valence-electron chi connectivity index (χ0n) is 9.87. The molecule has 1 saturated carbocycles. The lowest BCUT2D eigenvalue weighted by molar-refractivity contribution is 0.0965. The molecule has 0 spiro atoms. The zero-order chi connectivity index (χ0) is 11.2. The number of thiazole rings is 1. The molecule has 1 aromatic heterocycles. The van der Waals surface area contributed by atoms with E-state index >= 15 is 0 Å². The fraction of sp³-hybridized carbons (Fsp3) is 0.750. The summed E-state index contributed by atoms with van der Waals surface area (Å²) < 4.78 is 5.66. The summed E-state index contributed by atoms with van der Waals surface area (Å²) in [7, 11) is 0. The van der Waals surface area contributed by atoms with E-state index in [0.29, 0.717) is 0 Å². The van der Waals surface area contributed by atoms with Crippen molar-refractivity contribution in [3.8, 4) is 0 Å². The highest BCUT2D eigenvalue weighted by Crippen LogP contribution is 2.29. The molecule has 1 aliphatic carbocycles. The van der Waals surface area contributed by atoms with E-state index in [4.69, 9.17) is 4.74 Å². The summed E-state index contributed by atoms with van der Waals surface area (Å²) in [5.74, 6) is 0.943. The third kappa shape index (κ3) is 3.46. The molecule has 1 heterocycles. The maximum atomic E-state index is 5.66. The van der Waals surface area contributed by atoms with Gasteiger partial charge in [-0.3, -0.25) is 0 Å². The third-order valence-corrected chi connectivity index (χ3v) is 3.95. The van der Waals surface area contributed by atoms with Gasteiger partial charge in [0.2, 0.25) is 0 Å². The Hall–Kier alpha value is -0.610. The van der Waals surface area contributed by atoms with Crippen LogP contribution in [0.3, 0.4) is 0 Å². The van der Waals surface area contributed by atoms with Gasteiger partial charge in [-0.1, -0.05) is 30.6 Å². The Kier molecular flexibility index (Phi) is 4.60. The summed E-state index contributed by atoms with van der Waals surface area (Å²) in [6.45, 7) is 4.63. The van der Waals surface area contributed by atoms with Gasteiger partial charge in [-0.2, -0.15) is 0 Å². The molecule has 0 atom stereocenters. The Morgan fingerprint density at radius 1 is 1.56 bits per heavy atom. The molecule has 16 heavy (non-hydrogen) atoms. The third-order valence-electron chi connectivity index (χ3n) is 3.02. The van der Waals surface area contributed by atoms with E-state index in [-0.39, 0.29) is 0 Å². The standard InChI is InChI=1S/C12H20N2OS/c1-2-13-12-14-8-11(16-12)9-15-7-6-10-4-3-5-10/h8,10H,2-7,9H2,1H3,(H,13,14). The fourth-order valence-corrected chi connectivity index (χ4v) is 2.63. The molecule has 1 N–H and O–H groups in total. The van der Waals surface area contributed by atoms with Crippen LogP contribution in [0.15, 0.2) is 6.20 Å². The molecule has 4 heteroatoms. The van der Waals surface area contributed by atoms with Crippen molar-refractivity contribution in [2.75, 3.05) is 18.5 Å². The Morgan fingerprint density at radius 2 is 2.44 bits per heavy atom. The predicted octanol–water partition coefficient (Wildman–Crippen LogP) is 3.28. The second-order valence-corrected chi connectivity index (χ2v) is 5.42. The van der Waals surface area contributed by atoms with Gasteiger partial charge in [0.15, 0.2) is 5.13 Å². The molecule has 2 rings (SSSR count). The summed E-state index contributed by atoms with van der Waals surface area (Å²) >= 11 is 1.69. The molecule has 0 saturated heterocycles. The maximum Gasteiger partial charge on any atom is 0.182 e. The van der Waals surface area contributed by atoms with Crippen molar-refractivity contribution in [1.82, 2.24) is 4.98 Å². The number of rotatable bonds is 7. The molecule has 0 unspecified atom stereocenters. The minimum Gasteiger partial charge on any atom is -0.376 e. The lowest BCUT2D eigenvalue weighted by Gasteiger charge is -2.24. The van der Waals surface area contributed by atoms with Crippen LogP contribution in [0, 0.1) is 5.92 Å². The highest BCUT2D eigenvalue weighted by Gasteiger charge is 2.16. The van der Waals surface area contributed by atoms with Gasteiger partial charge in [0.05, 0.1) is 11.5 Å². The van der Waals surface area contributed by atoms with E-state index in [0.717, 1.165) is 30.8 Å². The average Bonchev–Trinajstić information content (AvgIpc) is 2.63. The second-order valence-electron chi connectivity index (χ2n) is 4.30. The van der Waals surface area contributed by atoms with Crippen LogP contribution in [0.4, 0.5) is 5.13 Å². The topological polar surface area (TPSA) is 34.2 Å². The van der Waals surface area contributed by atoms with Crippen molar-refractivity contribution in [1.29, 1.82) is 0 Å². The molecule has 1 fully saturated rings. The first kappa shape index (κ1) is 11.9. The van der Waals surface area contributed by atoms with Crippen LogP contribution >= 0.6 is 11.3 Å². The number of ether oxygens (including phenoxy) is 1. The number of nitrogens with zero attached hydrogens (tertiary/aromatic N) is 1. The molecular formula is C12H20N2OS. The van der Waals surface area contributed by atoms with E-state index in [1.165, 1.54) is 30.6 Å². The van der Waals surface area contributed by atoms with Crippen LogP contribution in [0.5, 0.6) is 0 Å². The monoisotopic (exact) mass is 240 g/mol. The van der Waals surface area contributed by atoms with Crippen LogP contribution in [0.25, 0.3) is 0 Å². The normalized spacial score (nSPS) is 16.1. The zero-order valence-corrected chi connectivity index (χ0v) is 10.7. The van der Waals surface area contributed by atoms with Crippen molar-refractivity contribution in [3.63, 3.8) is 0 Å². The number of anilines is 1. The Labute approximate surface area is 101 Å². The largest absolute Gasteiger partial charge is 0.376 e. The molecule has 0 aromatic carbocycles. The lowest BCUT2D eigenvalue weighted by Crippen LogP contribution is -2.13. The Morgan fingerprint density at radius 3 is 3.12 bits per heavy atom. The summed E-state index contributed by atoms with van der Waals surface area (Å²) in [5, 5.41) is 4.21. The van der Waals surface area contributed by atoms with Gasteiger partial charge in [-0.05, 0) is 19.3 Å². The summed E-state index contributed by atoms with van der Waals surface area (Å²) in [6.07, 6.45) is 7.39. The van der Waals surface area contributed by atoms with Crippen molar-refractivity contribution in [2.24, 2.45) is 5.92 Å². The van der Waals surface area contributed by atoms with E-state index < -0.39 is 0 Å². The smallest absolute Gasteiger partial charge is 0.182 e. The number of hydrogen-bond acceptors (Lipinski definition) is 4. The molecule has 3 nitrogen and oxygen atoms in total. The molecule has 0 bridgehead atoms. The highest BCUT2D eigenvalue weighted by molar-refractivity contribution is 7.15. The molecule has 0 amide bonds. The average molecular weight is 240 g/mol. The Bertz CT molecular complexity index is 310. The Balaban J connectivity index is 1.60. The van der Waals surface area contributed by atoms with Gasteiger partial charge in [0, 0.05) is 19.3 Å². The molecule has 90 valence electrons. The van der Waals surface area contributed by atoms with Gasteiger partial charge in [-0.15, -0.1) is 0 Å². The van der Waals surface area contributed by atoms with Crippen molar-refractivity contribution in [3.05, 3.63) is 11.1 Å². The fourth-order valence-electron chi connectivity index (χ4n) is 1.81. The minimum atomic E-state index is 0.718. The van der Waals surface area contributed by atoms with Crippen LogP contribution in [-0.4, -0.2) is 18.1 Å². The van der Waals surface area contributed by atoms with E-state index in [9.17, 15) is 0 Å². The van der Waals surface area contributed by atoms with Gasteiger partial charge in [0.1, 0.15) is 0 Å². The lowest BCUT2D eigenvalue weighted by atomic mass is 9.83. The molecule has 0 aliphatic heterocycles. The number of aromatic nitrogens is 1. The molecular weight excluding hydrogens is 220 g/mol. The first-order chi connectivity index (χ1) is 7.88. The van der Waals surface area contributed by atoms with Crippen LogP contribution in [0.2, 0.25) is 0 Å². The summed E-state index contributed by atoms with van der Waals surface area (Å²) in [6, 6.07) is 0. The second kappa shape index (κ2) is 6.21. The number of nitrogens with one attached hydrogen (secondary N) is 1. The molecule has 0 radical (unpaired) electrons. The van der Waals surface area contributed by atoms with Crippen LogP contribution < -0.4 is 5.32 Å². The van der Waals surface area contributed by atoms with Gasteiger partial charge >= 0.3 is 0 Å². The summed E-state index contributed by atoms with van der Waals surface area (Å²) in [4.78, 5) is 5.49. The SMILES string of the molecule is CCNc1ncc(COCCC2CCC2)s1. The maximum absolute atomic E-state index is 5.66. The van der Waals surface area contributed by atoms with Gasteiger partial charge in [0.25, 0.3) is 0 Å². The number of hydrogen-bond donors (Lipinski definition) is 1.